The maximum Gasteiger partial charge on any atom is 0.305 e. The molecule has 0 aromatic heterocycles. The minimum atomic E-state index is -0.352. The quantitative estimate of drug-likeness (QED) is 0.0366. The summed E-state index contributed by atoms with van der Waals surface area (Å²) in [7, 11) is 0. The second-order valence-electron chi connectivity index (χ2n) is 22.0. The lowest BCUT2D eigenvalue weighted by molar-refractivity contribution is -0.197. The highest BCUT2D eigenvalue weighted by Crippen LogP contribution is 2.52. The SMILES string of the molecule is CCCCCCCCSC(CCC(=O)OCCC1(CCOC(=O)CCC(OCC23CCC(CC2)CC3)OCC23CCC(CC2)CC3)CCN(CCCCO)CC1)SCCCCCCCC. The van der Waals surface area contributed by atoms with Crippen molar-refractivity contribution >= 4 is 35.5 Å². The van der Waals surface area contributed by atoms with Crippen LogP contribution in [0.2, 0.25) is 0 Å². The van der Waals surface area contributed by atoms with Crippen LogP contribution in [0.15, 0.2) is 0 Å². The molecule has 0 aromatic rings. The molecule has 7 rings (SSSR count). The molecule has 6 aliphatic carbocycles. The van der Waals surface area contributed by atoms with E-state index in [1.165, 1.54) is 166 Å². The Morgan fingerprint density at radius 2 is 1.03 bits per heavy atom. The van der Waals surface area contributed by atoms with Crippen LogP contribution in [-0.4, -0.2) is 97.0 Å². The van der Waals surface area contributed by atoms with E-state index >= 15 is 0 Å². The third-order valence-corrected chi connectivity index (χ3v) is 20.1. The Kier molecular flexibility index (Phi) is 27.0. The Morgan fingerprint density at radius 1 is 0.585 bits per heavy atom. The molecule has 1 aliphatic heterocycles. The first kappa shape index (κ1) is 55.4. The lowest BCUT2D eigenvalue weighted by Crippen LogP contribution is -2.42. The second-order valence-corrected chi connectivity index (χ2v) is 24.9. The largest absolute Gasteiger partial charge is 0.466 e. The Bertz CT molecular complexity index is 1180. The minimum Gasteiger partial charge on any atom is -0.466 e. The van der Waals surface area contributed by atoms with Crippen LogP contribution >= 0.6 is 23.5 Å². The zero-order valence-corrected chi connectivity index (χ0v) is 43.7. The van der Waals surface area contributed by atoms with Crippen molar-refractivity contribution in [3.8, 4) is 0 Å². The van der Waals surface area contributed by atoms with Crippen molar-refractivity contribution in [2.75, 3.05) is 64.2 Å². The summed E-state index contributed by atoms with van der Waals surface area (Å²) in [5.41, 5.74) is 0.576. The third kappa shape index (κ3) is 21.2. The van der Waals surface area contributed by atoms with E-state index in [0.29, 0.717) is 47.9 Å². The number of thioether (sulfide) groups is 2. The van der Waals surface area contributed by atoms with E-state index in [-0.39, 0.29) is 30.3 Å². The molecule has 378 valence electrons. The average molecular weight is 951 g/mol. The lowest BCUT2D eigenvalue weighted by Gasteiger charge is -2.48. The highest BCUT2D eigenvalue weighted by molar-refractivity contribution is 8.17. The Labute approximate surface area is 407 Å². The molecule has 65 heavy (non-hydrogen) atoms. The van der Waals surface area contributed by atoms with Crippen LogP contribution in [0.25, 0.3) is 0 Å². The summed E-state index contributed by atoms with van der Waals surface area (Å²) in [6, 6.07) is 0. The molecule has 1 N–H and O–H groups in total. The monoisotopic (exact) mass is 950 g/mol. The summed E-state index contributed by atoms with van der Waals surface area (Å²) in [5, 5.41) is 9.35. The van der Waals surface area contributed by atoms with Gasteiger partial charge in [-0.15, -0.1) is 23.5 Å². The van der Waals surface area contributed by atoms with Crippen LogP contribution in [0.3, 0.4) is 0 Å². The molecule has 0 atom stereocenters. The average Bonchev–Trinajstić information content (AvgIpc) is 3.34. The molecule has 4 bridgehead atoms. The number of nitrogens with zero attached hydrogens (tertiary/aromatic N) is 1. The number of rotatable bonds is 38. The normalized spacial score (nSPS) is 25.6. The van der Waals surface area contributed by atoms with Crippen LogP contribution in [0.1, 0.15) is 232 Å². The summed E-state index contributed by atoms with van der Waals surface area (Å²) in [6.45, 7) is 10.1. The molecule has 1 heterocycles. The van der Waals surface area contributed by atoms with Gasteiger partial charge in [0, 0.05) is 19.4 Å². The van der Waals surface area contributed by atoms with Gasteiger partial charge in [0.15, 0.2) is 6.29 Å². The molecule has 8 nitrogen and oxygen atoms in total. The maximum atomic E-state index is 13.4. The Hall–Kier alpha value is -0.520. The van der Waals surface area contributed by atoms with Crippen LogP contribution in [0.5, 0.6) is 0 Å². The first-order valence-electron chi connectivity index (χ1n) is 27.9. The zero-order chi connectivity index (χ0) is 45.9. The van der Waals surface area contributed by atoms with Gasteiger partial charge in [-0.2, -0.15) is 0 Å². The summed E-state index contributed by atoms with van der Waals surface area (Å²) < 4.78 is 25.9. The van der Waals surface area contributed by atoms with Crippen LogP contribution in [0, 0.1) is 28.1 Å². The summed E-state index contributed by atoms with van der Waals surface area (Å²) in [6.07, 6.45) is 38.9. The second kappa shape index (κ2) is 31.7. The van der Waals surface area contributed by atoms with Gasteiger partial charge in [0.05, 0.1) is 37.4 Å². The molecule has 0 unspecified atom stereocenters. The number of carbonyl (C=O) groups excluding carboxylic acids is 2. The predicted octanol–water partition coefficient (Wildman–Crippen LogP) is 14.1. The molecule has 0 amide bonds. The Balaban J connectivity index is 1.06. The maximum absolute atomic E-state index is 13.4. The van der Waals surface area contributed by atoms with Crippen molar-refractivity contribution in [2.45, 2.75) is 243 Å². The minimum absolute atomic E-state index is 0.0259. The van der Waals surface area contributed by atoms with Crippen molar-refractivity contribution in [2.24, 2.45) is 28.1 Å². The van der Waals surface area contributed by atoms with Gasteiger partial charge in [0.2, 0.25) is 0 Å². The molecule has 7 fully saturated rings. The number of aliphatic hydroxyl groups is 1. The van der Waals surface area contributed by atoms with Crippen molar-refractivity contribution in [1.29, 1.82) is 0 Å². The molecule has 6 saturated carbocycles. The number of hydrogen-bond donors (Lipinski definition) is 1. The lowest BCUT2D eigenvalue weighted by atomic mass is 9.61. The number of hydrogen-bond acceptors (Lipinski definition) is 10. The highest BCUT2D eigenvalue weighted by Gasteiger charge is 2.43. The van der Waals surface area contributed by atoms with E-state index in [4.69, 9.17) is 18.9 Å². The molecule has 0 radical (unpaired) electrons. The fraction of sp³-hybridized carbons (Fsp3) is 0.964. The number of ether oxygens (including phenoxy) is 4. The van der Waals surface area contributed by atoms with Gasteiger partial charge in [-0.05, 0) is 194 Å². The van der Waals surface area contributed by atoms with E-state index in [0.717, 1.165) is 89.6 Å². The fourth-order valence-electron chi connectivity index (χ4n) is 12.0. The van der Waals surface area contributed by atoms with E-state index in [2.05, 4.69) is 42.3 Å². The van der Waals surface area contributed by atoms with E-state index in [1.807, 2.05) is 0 Å². The zero-order valence-electron chi connectivity index (χ0n) is 42.1. The molecule has 1 saturated heterocycles. The van der Waals surface area contributed by atoms with Crippen molar-refractivity contribution in [3.63, 3.8) is 0 Å². The van der Waals surface area contributed by atoms with Gasteiger partial charge in [-0.1, -0.05) is 78.1 Å². The standard InChI is InChI=1S/C55H99NO7S2/c1-3-5-7-9-11-15-43-64-52(65-44-16-12-10-8-6-4-2)20-18-50(59)61-42-36-53(33-38-56(39-34-53)37-13-14-40-57)35-41-60-49(58)17-19-51(62-45-54-27-21-47(22-28-54)23-29-54)63-46-55-30-24-48(25-31-55)26-32-55/h47-48,51-52,57H,3-46H2,1-2H3. The van der Waals surface area contributed by atoms with Crippen molar-refractivity contribution < 1.29 is 33.6 Å². The number of likely N-dealkylation sites (tertiary alicyclic amines) is 1. The van der Waals surface area contributed by atoms with Gasteiger partial charge >= 0.3 is 11.9 Å². The van der Waals surface area contributed by atoms with Gasteiger partial charge in [0.25, 0.3) is 0 Å². The van der Waals surface area contributed by atoms with Crippen LogP contribution < -0.4 is 0 Å². The number of carbonyl (C=O) groups is 2. The molecule has 0 aromatic carbocycles. The first-order chi connectivity index (χ1) is 31.8. The molecule has 7 aliphatic rings. The summed E-state index contributed by atoms with van der Waals surface area (Å²) >= 11 is 4.14. The van der Waals surface area contributed by atoms with Crippen LogP contribution in [0.4, 0.5) is 0 Å². The van der Waals surface area contributed by atoms with E-state index in [1.54, 1.807) is 0 Å². The number of unbranched alkanes of at least 4 members (excludes halogenated alkanes) is 11. The summed E-state index contributed by atoms with van der Waals surface area (Å²) in [5.74, 6) is 3.99. The van der Waals surface area contributed by atoms with E-state index < -0.39 is 0 Å². The smallest absolute Gasteiger partial charge is 0.305 e. The number of fused-ring (bicyclic) bond motifs is 6. The van der Waals surface area contributed by atoms with Gasteiger partial charge in [-0.3, -0.25) is 9.59 Å². The Morgan fingerprint density at radius 3 is 1.49 bits per heavy atom. The van der Waals surface area contributed by atoms with Gasteiger partial charge in [0.1, 0.15) is 0 Å². The number of esters is 2. The number of piperidine rings is 1. The number of aliphatic hydroxyl groups excluding tert-OH is 1. The fourth-order valence-corrected chi connectivity index (χ4v) is 14.8. The molecular weight excluding hydrogens is 851 g/mol. The van der Waals surface area contributed by atoms with Gasteiger partial charge in [-0.25, -0.2) is 0 Å². The topological polar surface area (TPSA) is 94.5 Å². The van der Waals surface area contributed by atoms with Crippen LogP contribution in [-0.2, 0) is 28.5 Å². The van der Waals surface area contributed by atoms with E-state index in [9.17, 15) is 14.7 Å². The third-order valence-electron chi connectivity index (χ3n) is 17.0. The predicted molar refractivity (Wildman–Crippen MR) is 272 cm³/mol. The van der Waals surface area contributed by atoms with Gasteiger partial charge < -0.3 is 29.0 Å². The summed E-state index contributed by atoms with van der Waals surface area (Å²) in [4.78, 5) is 29.2. The molecular formula is C55H99NO7S2. The van der Waals surface area contributed by atoms with Crippen molar-refractivity contribution in [3.05, 3.63) is 0 Å². The van der Waals surface area contributed by atoms with Crippen molar-refractivity contribution in [1.82, 2.24) is 4.90 Å². The molecule has 0 spiro atoms. The molecule has 10 heteroatoms. The highest BCUT2D eigenvalue weighted by atomic mass is 32.2. The first-order valence-corrected chi connectivity index (χ1v) is 30.0.